The van der Waals surface area contributed by atoms with E-state index in [1.165, 1.54) is 49.3 Å². The second-order valence-electron chi connectivity index (χ2n) is 23.3. The predicted molar refractivity (Wildman–Crippen MR) is 316 cm³/mol. The van der Waals surface area contributed by atoms with Crippen molar-refractivity contribution in [3.05, 3.63) is 223 Å². The van der Waals surface area contributed by atoms with Gasteiger partial charge in [-0.15, -0.1) is 0 Å². The molecule has 0 amide bonds. The molecule has 5 heteroatoms. The molecule has 0 saturated carbocycles. The molecule has 0 aliphatic carbocycles. The van der Waals surface area contributed by atoms with Crippen LogP contribution in [0.3, 0.4) is 0 Å². The molecule has 0 atom stereocenters. The van der Waals surface area contributed by atoms with Gasteiger partial charge in [-0.05, 0) is 133 Å². The van der Waals surface area contributed by atoms with Crippen LogP contribution < -0.4 is 0 Å². The van der Waals surface area contributed by atoms with Crippen LogP contribution >= 0.6 is 0 Å². The molecule has 368 valence electrons. The van der Waals surface area contributed by atoms with Gasteiger partial charge < -0.3 is 9.67 Å². The van der Waals surface area contributed by atoms with Crippen molar-refractivity contribution in [2.24, 2.45) is 0 Å². The summed E-state index contributed by atoms with van der Waals surface area (Å²) in [4.78, 5) is 10.5. The standard InChI is InChI=1S/C70H62N4O/c1-68(2,3)49-30-33-52(34-31-49)74-62-27-17-23-54(65(62)72-67(74)58-35-28-48(43-63(58)75)64-53-36-32-50(69(4,5)6)41-45(53)29-37-59(64)70(7,8)9)44-18-15-19-47(40-44)60-42-46(38-39-71-60)55-24-16-25-57-56-22-13-14-26-61(56)73(66(55)57)51-20-11-10-12-21-51/h10-43,75H,1-9H3. The summed E-state index contributed by atoms with van der Waals surface area (Å²) < 4.78 is 4.59. The Bertz CT molecular complexity index is 4170. The van der Waals surface area contributed by atoms with Crippen molar-refractivity contribution >= 4 is 43.6 Å². The van der Waals surface area contributed by atoms with Gasteiger partial charge in [0, 0.05) is 45.0 Å². The van der Waals surface area contributed by atoms with E-state index in [1.807, 2.05) is 12.3 Å². The number of nitrogens with zero attached hydrogens (tertiary/aromatic N) is 4. The maximum absolute atomic E-state index is 12.4. The average Bonchev–Trinajstić information content (AvgIpc) is 3.98. The van der Waals surface area contributed by atoms with Crippen molar-refractivity contribution in [3.8, 4) is 73.2 Å². The third-order valence-corrected chi connectivity index (χ3v) is 15.1. The van der Waals surface area contributed by atoms with E-state index in [-0.39, 0.29) is 22.0 Å². The molecule has 0 spiro atoms. The second-order valence-corrected chi connectivity index (χ2v) is 23.3. The minimum absolute atomic E-state index is 0.0175. The van der Waals surface area contributed by atoms with E-state index in [1.54, 1.807) is 0 Å². The summed E-state index contributed by atoms with van der Waals surface area (Å²) >= 11 is 0. The third kappa shape index (κ3) is 8.37. The van der Waals surface area contributed by atoms with Gasteiger partial charge in [0.25, 0.3) is 0 Å². The van der Waals surface area contributed by atoms with Gasteiger partial charge in [0.05, 0.1) is 33.3 Å². The number of aromatic nitrogens is 4. The van der Waals surface area contributed by atoms with Gasteiger partial charge in [0.1, 0.15) is 11.6 Å². The first-order valence-corrected chi connectivity index (χ1v) is 26.2. The summed E-state index contributed by atoms with van der Waals surface area (Å²) in [7, 11) is 0. The monoisotopic (exact) mass is 974 g/mol. The molecule has 1 N–H and O–H groups in total. The Morgan fingerprint density at radius 3 is 1.83 bits per heavy atom. The smallest absolute Gasteiger partial charge is 0.149 e. The summed E-state index contributed by atoms with van der Waals surface area (Å²) in [5.41, 5.74) is 18.8. The minimum atomic E-state index is -0.139. The first kappa shape index (κ1) is 47.5. The van der Waals surface area contributed by atoms with Gasteiger partial charge in [-0.2, -0.15) is 0 Å². The van der Waals surface area contributed by atoms with Crippen LogP contribution in [0, 0.1) is 0 Å². The SMILES string of the molecule is CC(C)(C)c1ccc(-n2c(-c3ccc(-c4c(C(C)(C)C)ccc5cc(C(C)(C)C)ccc45)cc3O)nc3c(-c4cccc(-c5cc(-c6cccc7c8ccccc8n(-c8ccccc8)c67)ccn5)c4)cccc32)cc1. The number of fused-ring (bicyclic) bond motifs is 5. The molecule has 0 fully saturated rings. The van der Waals surface area contributed by atoms with E-state index in [9.17, 15) is 5.11 Å². The normalized spacial score (nSPS) is 12.4. The van der Waals surface area contributed by atoms with Crippen molar-refractivity contribution in [2.75, 3.05) is 0 Å². The highest BCUT2D eigenvalue weighted by molar-refractivity contribution is 6.14. The number of hydrogen-bond acceptors (Lipinski definition) is 3. The van der Waals surface area contributed by atoms with E-state index in [0.29, 0.717) is 11.4 Å². The molecule has 0 unspecified atom stereocenters. The van der Waals surface area contributed by atoms with Crippen molar-refractivity contribution in [3.63, 3.8) is 0 Å². The number of benzene rings is 9. The first-order chi connectivity index (χ1) is 36.0. The Kier molecular flexibility index (Phi) is 11.3. The fraction of sp³-hybridized carbons (Fsp3) is 0.171. The van der Waals surface area contributed by atoms with Gasteiger partial charge in [0.2, 0.25) is 0 Å². The number of phenols is 1. The topological polar surface area (TPSA) is 55.9 Å². The molecule has 0 radical (unpaired) electrons. The lowest BCUT2D eigenvalue weighted by Gasteiger charge is -2.26. The lowest BCUT2D eigenvalue weighted by atomic mass is 9.78. The van der Waals surface area contributed by atoms with Crippen LogP contribution in [-0.2, 0) is 16.2 Å². The Hall–Kier alpha value is -8.54. The van der Waals surface area contributed by atoms with Crippen molar-refractivity contribution in [1.29, 1.82) is 0 Å². The van der Waals surface area contributed by atoms with E-state index in [4.69, 9.17) is 9.97 Å². The van der Waals surface area contributed by atoms with Crippen LogP contribution in [0.5, 0.6) is 5.75 Å². The minimum Gasteiger partial charge on any atom is -0.507 e. The number of pyridine rings is 1. The Morgan fingerprint density at radius 1 is 0.413 bits per heavy atom. The number of hydrogen-bond donors (Lipinski definition) is 1. The zero-order valence-electron chi connectivity index (χ0n) is 44.4. The molecule has 5 nitrogen and oxygen atoms in total. The van der Waals surface area contributed by atoms with Crippen LogP contribution in [0.4, 0.5) is 0 Å². The van der Waals surface area contributed by atoms with E-state index in [0.717, 1.165) is 67.0 Å². The maximum atomic E-state index is 12.4. The van der Waals surface area contributed by atoms with Gasteiger partial charge >= 0.3 is 0 Å². The lowest BCUT2D eigenvalue weighted by molar-refractivity contribution is 0.477. The van der Waals surface area contributed by atoms with Crippen LogP contribution in [0.25, 0.3) is 111 Å². The molecule has 75 heavy (non-hydrogen) atoms. The highest BCUT2D eigenvalue weighted by Crippen LogP contribution is 2.45. The van der Waals surface area contributed by atoms with Crippen molar-refractivity contribution < 1.29 is 5.11 Å². The number of rotatable bonds is 7. The van der Waals surface area contributed by atoms with Crippen LogP contribution in [-0.4, -0.2) is 24.2 Å². The van der Waals surface area contributed by atoms with Crippen molar-refractivity contribution in [2.45, 2.75) is 78.6 Å². The molecule has 9 aromatic carbocycles. The fourth-order valence-corrected chi connectivity index (χ4v) is 11.2. The Balaban J connectivity index is 0.990. The molecule has 12 rings (SSSR count). The number of para-hydroxylation sites is 4. The summed E-state index contributed by atoms with van der Waals surface area (Å²) in [5, 5.41) is 17.2. The van der Waals surface area contributed by atoms with Crippen LogP contribution in [0.2, 0.25) is 0 Å². The van der Waals surface area contributed by atoms with Gasteiger partial charge in [0.15, 0.2) is 0 Å². The first-order valence-electron chi connectivity index (χ1n) is 26.2. The highest BCUT2D eigenvalue weighted by atomic mass is 16.3. The highest BCUT2D eigenvalue weighted by Gasteiger charge is 2.26. The van der Waals surface area contributed by atoms with E-state index in [2.05, 4.69) is 266 Å². The van der Waals surface area contributed by atoms with E-state index >= 15 is 0 Å². The predicted octanol–water partition coefficient (Wildman–Crippen LogP) is 18.6. The number of imidazole rings is 1. The molecular weight excluding hydrogens is 913 g/mol. The third-order valence-electron chi connectivity index (χ3n) is 15.1. The lowest BCUT2D eigenvalue weighted by Crippen LogP contribution is -2.14. The molecule has 0 aliphatic rings. The van der Waals surface area contributed by atoms with Gasteiger partial charge in [-0.3, -0.25) is 9.55 Å². The van der Waals surface area contributed by atoms with E-state index < -0.39 is 0 Å². The van der Waals surface area contributed by atoms with Gasteiger partial charge in [-0.25, -0.2) is 4.98 Å². The summed E-state index contributed by atoms with van der Waals surface area (Å²) in [6.07, 6.45) is 1.93. The Morgan fingerprint density at radius 2 is 1.07 bits per heavy atom. The number of phenolic OH excluding ortho intramolecular Hbond substituents is 1. The van der Waals surface area contributed by atoms with Gasteiger partial charge in [-0.1, -0.05) is 196 Å². The maximum Gasteiger partial charge on any atom is 0.149 e. The van der Waals surface area contributed by atoms with Crippen molar-refractivity contribution in [1.82, 2.24) is 19.1 Å². The molecule has 0 bridgehead atoms. The molecule has 3 heterocycles. The summed E-state index contributed by atoms with van der Waals surface area (Å²) in [5.74, 6) is 0.842. The number of aromatic hydroxyl groups is 1. The molecule has 12 aromatic rings. The molecule has 0 aliphatic heterocycles. The summed E-state index contributed by atoms with van der Waals surface area (Å²) in [6.45, 7) is 20.3. The average molecular weight is 975 g/mol. The van der Waals surface area contributed by atoms with Crippen LogP contribution in [0.1, 0.15) is 79.0 Å². The molecule has 3 aromatic heterocycles. The quantitative estimate of drug-likeness (QED) is 0.173. The zero-order chi connectivity index (χ0) is 52.0. The molecule has 0 saturated heterocycles. The molecular formula is C70H62N4O. The Labute approximate surface area is 440 Å². The van der Waals surface area contributed by atoms with Crippen LogP contribution in [0.15, 0.2) is 206 Å². The second kappa shape index (κ2) is 17.8. The largest absolute Gasteiger partial charge is 0.507 e. The fourth-order valence-electron chi connectivity index (χ4n) is 11.2. The summed E-state index contributed by atoms with van der Waals surface area (Å²) in [6, 6.07) is 71.6. The zero-order valence-corrected chi connectivity index (χ0v) is 44.4.